The molecule has 0 saturated heterocycles. The highest BCUT2D eigenvalue weighted by Crippen LogP contribution is 2.50. The normalized spacial score (nSPS) is 23.4. The van der Waals surface area contributed by atoms with E-state index in [9.17, 15) is 14.4 Å². The van der Waals surface area contributed by atoms with Crippen LogP contribution in [0.1, 0.15) is 27.0 Å². The highest BCUT2D eigenvalue weighted by atomic mass is 16.6. The number of carbonyl (C=O) groups is 3. The van der Waals surface area contributed by atoms with Crippen LogP contribution in [0.4, 0.5) is 0 Å². The molecule has 2 heterocycles. The summed E-state index contributed by atoms with van der Waals surface area (Å²) >= 11 is 0. The van der Waals surface area contributed by atoms with Crippen LogP contribution in [0.5, 0.6) is 0 Å². The number of esters is 1. The molecule has 0 aromatic heterocycles. The van der Waals surface area contributed by atoms with Gasteiger partial charge >= 0.3 is 5.97 Å². The molecule has 0 saturated carbocycles. The Bertz CT molecular complexity index is 1290. The van der Waals surface area contributed by atoms with Crippen molar-refractivity contribution in [2.45, 2.75) is 17.6 Å². The third-order valence-electron chi connectivity index (χ3n) is 6.07. The summed E-state index contributed by atoms with van der Waals surface area (Å²) in [5.41, 5.74) is -1.89. The molecule has 3 aromatic rings. The minimum absolute atomic E-state index is 0.0206. The van der Waals surface area contributed by atoms with Gasteiger partial charge in [0.05, 0.1) is 7.11 Å². The second-order valence-corrected chi connectivity index (χ2v) is 7.91. The van der Waals surface area contributed by atoms with Gasteiger partial charge in [0.15, 0.2) is 0 Å². The Kier molecular flexibility index (Phi) is 4.82. The number of imide groups is 1. The van der Waals surface area contributed by atoms with Gasteiger partial charge in [-0.1, -0.05) is 66.7 Å². The van der Waals surface area contributed by atoms with E-state index >= 15 is 0 Å². The summed E-state index contributed by atoms with van der Waals surface area (Å²) in [6, 6.07) is 24.8. The molecule has 3 aromatic carbocycles. The van der Waals surface area contributed by atoms with Crippen molar-refractivity contribution in [2.75, 3.05) is 7.11 Å². The second kappa shape index (κ2) is 7.70. The van der Waals surface area contributed by atoms with Gasteiger partial charge in [-0.25, -0.2) is 9.79 Å². The van der Waals surface area contributed by atoms with E-state index in [0.29, 0.717) is 5.56 Å². The molecule has 7 nitrogen and oxygen atoms in total. The number of methoxy groups -OCH3 is 1. The molecule has 2 aliphatic rings. The molecule has 0 unspecified atom stereocenters. The van der Waals surface area contributed by atoms with Crippen LogP contribution >= 0.6 is 0 Å². The molecule has 0 aliphatic carbocycles. The highest BCUT2D eigenvalue weighted by molar-refractivity contribution is 6.17. The maximum atomic E-state index is 13.7. The summed E-state index contributed by atoms with van der Waals surface area (Å²) < 4.78 is 11.6. The van der Waals surface area contributed by atoms with Crippen LogP contribution in [0.2, 0.25) is 0 Å². The average molecular weight is 440 g/mol. The third kappa shape index (κ3) is 2.96. The molecule has 0 bridgehead atoms. The summed E-state index contributed by atoms with van der Waals surface area (Å²) in [5.74, 6) is -1.94. The zero-order chi connectivity index (χ0) is 23.1. The zero-order valence-electron chi connectivity index (χ0n) is 17.8. The van der Waals surface area contributed by atoms with Crippen molar-refractivity contribution in [1.82, 2.24) is 5.32 Å². The van der Waals surface area contributed by atoms with E-state index < -0.39 is 28.9 Å². The third-order valence-corrected chi connectivity index (χ3v) is 6.07. The van der Waals surface area contributed by atoms with Gasteiger partial charge in [0.25, 0.3) is 17.4 Å². The minimum Gasteiger partial charge on any atom is -0.467 e. The number of amides is 2. The van der Waals surface area contributed by atoms with Crippen molar-refractivity contribution in [1.29, 1.82) is 0 Å². The lowest BCUT2D eigenvalue weighted by atomic mass is 9.68. The molecule has 33 heavy (non-hydrogen) atoms. The minimum atomic E-state index is -1.94. The highest BCUT2D eigenvalue weighted by Gasteiger charge is 2.71. The summed E-state index contributed by atoms with van der Waals surface area (Å²) in [6.07, 6.45) is 0.0206. The molecule has 2 aliphatic heterocycles. The van der Waals surface area contributed by atoms with Crippen LogP contribution in [-0.2, 0) is 31.1 Å². The predicted molar refractivity (Wildman–Crippen MR) is 120 cm³/mol. The Hall–Kier alpha value is -4.26. The van der Waals surface area contributed by atoms with Crippen LogP contribution in [0.3, 0.4) is 0 Å². The van der Waals surface area contributed by atoms with E-state index in [1.165, 1.54) is 7.11 Å². The fourth-order valence-corrected chi connectivity index (χ4v) is 4.58. The van der Waals surface area contributed by atoms with E-state index in [1.54, 1.807) is 36.4 Å². The number of hydrogen-bond donors (Lipinski definition) is 1. The van der Waals surface area contributed by atoms with Gasteiger partial charge in [0.1, 0.15) is 0 Å². The number of ether oxygens (including phenoxy) is 2. The van der Waals surface area contributed by atoms with Crippen LogP contribution in [0.25, 0.3) is 0 Å². The molecule has 5 rings (SSSR count). The van der Waals surface area contributed by atoms with E-state index in [0.717, 1.165) is 5.56 Å². The predicted octanol–water partition coefficient (Wildman–Crippen LogP) is 2.78. The molecule has 7 heteroatoms. The first kappa shape index (κ1) is 20.6. The molecular formula is C26H20N2O5. The molecule has 2 atom stereocenters. The van der Waals surface area contributed by atoms with Gasteiger partial charge in [-0.15, -0.1) is 0 Å². The standard InChI is InChI=1S/C26H20N2O5/c1-32-24(31)25(16-17-10-4-2-5-11-17)26(33-22(28-25)18-12-6-3-7-13-18)20-15-9-8-14-19(20)21(29)27-23(26)30/h2-15H,16H2,1H3,(H,27,29,30)/t25-,26-/m1/s1. The number of benzene rings is 3. The molecule has 164 valence electrons. The lowest BCUT2D eigenvalue weighted by molar-refractivity contribution is -0.163. The molecule has 0 radical (unpaired) electrons. The zero-order valence-corrected chi connectivity index (χ0v) is 17.8. The Labute approximate surface area is 190 Å². The quantitative estimate of drug-likeness (QED) is 0.497. The number of nitrogens with zero attached hydrogens (tertiary/aromatic N) is 1. The number of hydrogen-bond acceptors (Lipinski definition) is 6. The van der Waals surface area contributed by atoms with Gasteiger partial charge in [-0.05, 0) is 23.8 Å². The molecule has 1 spiro atoms. The van der Waals surface area contributed by atoms with Crippen molar-refractivity contribution in [2.24, 2.45) is 4.99 Å². The first-order valence-corrected chi connectivity index (χ1v) is 10.4. The number of rotatable bonds is 4. The topological polar surface area (TPSA) is 94.1 Å². The number of nitrogens with one attached hydrogen (secondary N) is 1. The lowest BCUT2D eigenvalue weighted by Crippen LogP contribution is -2.66. The Morgan fingerprint density at radius 1 is 0.939 bits per heavy atom. The number of fused-ring (bicyclic) bond motifs is 2. The van der Waals surface area contributed by atoms with Crippen molar-refractivity contribution in [3.05, 3.63) is 107 Å². The second-order valence-electron chi connectivity index (χ2n) is 7.91. The molecule has 1 N–H and O–H groups in total. The van der Waals surface area contributed by atoms with Crippen molar-refractivity contribution >= 4 is 23.7 Å². The summed E-state index contributed by atoms with van der Waals surface area (Å²) in [5, 5.41) is 2.38. The van der Waals surface area contributed by atoms with Crippen LogP contribution < -0.4 is 5.32 Å². The van der Waals surface area contributed by atoms with Crippen LogP contribution in [0, 0.1) is 0 Å². The molecule has 2 amide bonds. The lowest BCUT2D eigenvalue weighted by Gasteiger charge is -2.42. The van der Waals surface area contributed by atoms with Crippen molar-refractivity contribution < 1.29 is 23.9 Å². The first-order chi connectivity index (χ1) is 16.0. The SMILES string of the molecule is COC(=O)[C@@]1(Cc2ccccc2)N=C(c2ccccc2)O[C@]12C(=O)NC(=O)c1ccccc12. The largest absolute Gasteiger partial charge is 0.467 e. The van der Waals surface area contributed by atoms with Crippen molar-refractivity contribution in [3.63, 3.8) is 0 Å². The van der Waals surface area contributed by atoms with Crippen molar-refractivity contribution in [3.8, 4) is 0 Å². The Balaban J connectivity index is 1.83. The fourth-order valence-electron chi connectivity index (χ4n) is 4.58. The summed E-state index contributed by atoms with van der Waals surface area (Å²) in [4.78, 5) is 44.6. The molecule has 0 fully saturated rings. The van der Waals surface area contributed by atoms with Gasteiger partial charge in [-0.3, -0.25) is 14.9 Å². The average Bonchev–Trinajstić information content (AvgIpc) is 3.20. The fraction of sp³-hybridized carbons (Fsp3) is 0.154. The molecular weight excluding hydrogens is 420 g/mol. The number of carbonyl (C=O) groups excluding carboxylic acids is 3. The van der Waals surface area contributed by atoms with Crippen LogP contribution in [-0.4, -0.2) is 36.3 Å². The maximum absolute atomic E-state index is 13.7. The first-order valence-electron chi connectivity index (χ1n) is 10.4. The number of aliphatic imine (C=N–C) groups is 1. The van der Waals surface area contributed by atoms with E-state index in [1.807, 2.05) is 48.5 Å². The summed E-state index contributed by atoms with van der Waals surface area (Å²) in [6.45, 7) is 0. The maximum Gasteiger partial charge on any atom is 0.339 e. The Morgan fingerprint density at radius 3 is 2.27 bits per heavy atom. The smallest absolute Gasteiger partial charge is 0.339 e. The Morgan fingerprint density at radius 2 is 1.58 bits per heavy atom. The van der Waals surface area contributed by atoms with Gasteiger partial charge in [0, 0.05) is 23.1 Å². The van der Waals surface area contributed by atoms with Gasteiger partial charge in [-0.2, -0.15) is 0 Å². The van der Waals surface area contributed by atoms with Gasteiger partial charge < -0.3 is 9.47 Å². The van der Waals surface area contributed by atoms with Gasteiger partial charge in [0.2, 0.25) is 11.4 Å². The van der Waals surface area contributed by atoms with Crippen LogP contribution in [0.15, 0.2) is 89.9 Å². The summed E-state index contributed by atoms with van der Waals surface area (Å²) in [7, 11) is 1.25. The van der Waals surface area contributed by atoms with E-state index in [4.69, 9.17) is 14.5 Å². The van der Waals surface area contributed by atoms with E-state index in [-0.39, 0.29) is 23.4 Å². The monoisotopic (exact) mass is 440 g/mol. The van der Waals surface area contributed by atoms with E-state index in [2.05, 4.69) is 5.32 Å².